The smallest absolute Gasteiger partial charge is 0.120 e. The molecule has 0 saturated heterocycles. The van der Waals surface area contributed by atoms with Crippen LogP contribution in [0.2, 0.25) is 0 Å². The Morgan fingerprint density at radius 1 is 1.41 bits per heavy atom. The monoisotopic (exact) mass is 247 g/mol. The number of hydrogen-bond donors (Lipinski definition) is 2. The first kappa shape index (κ1) is 11.0. The molecule has 0 bridgehead atoms. The highest BCUT2D eigenvalue weighted by molar-refractivity contribution is 7.08. The van der Waals surface area contributed by atoms with Gasteiger partial charge in [0.15, 0.2) is 0 Å². The van der Waals surface area contributed by atoms with Crippen LogP contribution in [-0.4, -0.2) is 16.0 Å². The van der Waals surface area contributed by atoms with E-state index in [9.17, 15) is 0 Å². The lowest BCUT2D eigenvalue weighted by Crippen LogP contribution is -2.25. The second-order valence-electron chi connectivity index (χ2n) is 4.62. The van der Waals surface area contributed by atoms with Crippen molar-refractivity contribution in [1.82, 2.24) is 15.3 Å². The molecule has 0 radical (unpaired) electrons. The van der Waals surface area contributed by atoms with Crippen molar-refractivity contribution in [1.29, 1.82) is 0 Å². The zero-order valence-corrected chi connectivity index (χ0v) is 10.6. The van der Waals surface area contributed by atoms with E-state index >= 15 is 0 Å². The van der Waals surface area contributed by atoms with E-state index in [1.807, 2.05) is 6.20 Å². The van der Waals surface area contributed by atoms with Crippen molar-refractivity contribution in [2.75, 3.05) is 0 Å². The highest BCUT2D eigenvalue weighted by atomic mass is 32.1. The van der Waals surface area contributed by atoms with Crippen molar-refractivity contribution in [2.24, 2.45) is 0 Å². The van der Waals surface area contributed by atoms with Gasteiger partial charge in [0, 0.05) is 17.0 Å². The Labute approximate surface area is 105 Å². The molecule has 3 nitrogen and oxygen atoms in total. The van der Waals surface area contributed by atoms with E-state index in [2.05, 4.69) is 32.1 Å². The third-order valence-electron chi connectivity index (χ3n) is 3.37. The number of H-pyrrole nitrogens is 1. The lowest BCUT2D eigenvalue weighted by molar-refractivity contribution is 0.515. The maximum Gasteiger partial charge on any atom is 0.120 e. The Balaban J connectivity index is 1.60. The lowest BCUT2D eigenvalue weighted by atomic mass is 10.2. The molecule has 0 unspecified atom stereocenters. The van der Waals surface area contributed by atoms with E-state index in [0.29, 0.717) is 6.04 Å². The minimum absolute atomic E-state index is 0.699. The minimum atomic E-state index is 0.699. The summed E-state index contributed by atoms with van der Waals surface area (Å²) < 4.78 is 0. The van der Waals surface area contributed by atoms with Crippen LogP contribution in [0.1, 0.15) is 31.5 Å². The molecule has 1 aliphatic carbocycles. The van der Waals surface area contributed by atoms with Gasteiger partial charge < -0.3 is 10.3 Å². The molecule has 0 amide bonds. The molecule has 2 N–H and O–H groups in total. The molecule has 1 saturated carbocycles. The predicted octanol–water partition coefficient (Wildman–Crippen LogP) is 3.17. The van der Waals surface area contributed by atoms with Gasteiger partial charge >= 0.3 is 0 Å². The van der Waals surface area contributed by atoms with Crippen LogP contribution >= 0.6 is 11.3 Å². The Kier molecular flexibility index (Phi) is 3.25. The van der Waals surface area contributed by atoms with E-state index in [-0.39, 0.29) is 0 Å². The quantitative estimate of drug-likeness (QED) is 0.871. The van der Waals surface area contributed by atoms with Crippen LogP contribution in [0.5, 0.6) is 0 Å². The number of aromatic amines is 1. The highest BCUT2D eigenvalue weighted by Crippen LogP contribution is 2.20. The van der Waals surface area contributed by atoms with Crippen molar-refractivity contribution in [3.05, 3.63) is 28.8 Å². The summed E-state index contributed by atoms with van der Waals surface area (Å²) in [7, 11) is 0. The fourth-order valence-corrected chi connectivity index (χ4v) is 3.04. The maximum atomic E-state index is 4.42. The van der Waals surface area contributed by atoms with E-state index in [1.54, 1.807) is 11.3 Å². The van der Waals surface area contributed by atoms with Gasteiger partial charge in [0.05, 0.1) is 18.4 Å². The maximum absolute atomic E-state index is 4.42. The first-order chi connectivity index (χ1) is 8.42. The SMILES string of the molecule is c1cc(-c2cnc(CNC3CCCC3)[nH]2)cs1. The second-order valence-corrected chi connectivity index (χ2v) is 5.40. The van der Waals surface area contributed by atoms with Crippen molar-refractivity contribution >= 4 is 11.3 Å². The lowest BCUT2D eigenvalue weighted by Gasteiger charge is -2.09. The fraction of sp³-hybridized carbons (Fsp3) is 0.462. The van der Waals surface area contributed by atoms with Gasteiger partial charge in [-0.25, -0.2) is 4.98 Å². The van der Waals surface area contributed by atoms with Crippen LogP contribution in [0.4, 0.5) is 0 Å². The summed E-state index contributed by atoms with van der Waals surface area (Å²) in [6.07, 6.45) is 7.30. The van der Waals surface area contributed by atoms with Crippen LogP contribution in [0, 0.1) is 0 Å². The van der Waals surface area contributed by atoms with Crippen LogP contribution in [0.15, 0.2) is 23.0 Å². The summed E-state index contributed by atoms with van der Waals surface area (Å²) in [5.41, 5.74) is 2.35. The predicted molar refractivity (Wildman–Crippen MR) is 71.0 cm³/mol. The topological polar surface area (TPSA) is 40.7 Å². The van der Waals surface area contributed by atoms with Crippen LogP contribution in [-0.2, 0) is 6.54 Å². The molecule has 0 spiro atoms. The Bertz CT molecular complexity index is 455. The highest BCUT2D eigenvalue weighted by Gasteiger charge is 2.14. The second kappa shape index (κ2) is 5.02. The van der Waals surface area contributed by atoms with E-state index < -0.39 is 0 Å². The molecule has 1 aliphatic rings. The van der Waals surface area contributed by atoms with Gasteiger partial charge in [0.2, 0.25) is 0 Å². The van der Waals surface area contributed by atoms with Gasteiger partial charge in [0.1, 0.15) is 5.82 Å². The summed E-state index contributed by atoms with van der Waals surface area (Å²) in [5, 5.41) is 7.80. The average molecular weight is 247 g/mol. The van der Waals surface area contributed by atoms with Gasteiger partial charge in [-0.05, 0) is 24.3 Å². The third-order valence-corrected chi connectivity index (χ3v) is 4.06. The largest absolute Gasteiger partial charge is 0.341 e. The number of nitrogens with one attached hydrogen (secondary N) is 2. The van der Waals surface area contributed by atoms with Crippen molar-refractivity contribution in [3.63, 3.8) is 0 Å². The van der Waals surface area contributed by atoms with Gasteiger partial charge in [-0.1, -0.05) is 12.8 Å². The molecule has 17 heavy (non-hydrogen) atoms. The first-order valence-corrected chi connectivity index (χ1v) is 7.16. The molecule has 2 aromatic rings. The van der Waals surface area contributed by atoms with Crippen LogP contribution in [0.25, 0.3) is 11.3 Å². The molecule has 0 aromatic carbocycles. The molecular weight excluding hydrogens is 230 g/mol. The molecule has 1 fully saturated rings. The Morgan fingerprint density at radius 2 is 2.29 bits per heavy atom. The third kappa shape index (κ3) is 2.58. The molecule has 4 heteroatoms. The number of hydrogen-bond acceptors (Lipinski definition) is 3. The summed E-state index contributed by atoms with van der Waals surface area (Å²) >= 11 is 1.71. The number of imidazole rings is 1. The zero-order valence-electron chi connectivity index (χ0n) is 9.78. The molecule has 0 aliphatic heterocycles. The van der Waals surface area contributed by atoms with Crippen LogP contribution in [0.3, 0.4) is 0 Å². The van der Waals surface area contributed by atoms with E-state index in [1.165, 1.54) is 31.2 Å². The van der Waals surface area contributed by atoms with Gasteiger partial charge in [-0.3, -0.25) is 0 Å². The molecular formula is C13H17N3S. The van der Waals surface area contributed by atoms with Crippen molar-refractivity contribution in [2.45, 2.75) is 38.3 Å². The molecule has 2 heterocycles. The number of rotatable bonds is 4. The standard InChI is InChI=1S/C13H17N3S/c1-2-4-11(3-1)14-8-13-15-7-12(16-13)10-5-6-17-9-10/h5-7,9,11,14H,1-4,8H2,(H,15,16). The minimum Gasteiger partial charge on any atom is -0.341 e. The van der Waals surface area contributed by atoms with Crippen LogP contribution < -0.4 is 5.32 Å². The fourth-order valence-electron chi connectivity index (χ4n) is 2.39. The van der Waals surface area contributed by atoms with Crippen molar-refractivity contribution in [3.8, 4) is 11.3 Å². The summed E-state index contributed by atoms with van der Waals surface area (Å²) in [6.45, 7) is 0.856. The summed E-state index contributed by atoms with van der Waals surface area (Å²) in [4.78, 5) is 7.79. The summed E-state index contributed by atoms with van der Waals surface area (Å²) in [6, 6.07) is 2.82. The molecule has 0 atom stereocenters. The Hall–Kier alpha value is -1.13. The molecule has 2 aromatic heterocycles. The molecule has 3 rings (SSSR count). The number of nitrogens with zero attached hydrogens (tertiary/aromatic N) is 1. The Morgan fingerprint density at radius 3 is 3.06 bits per heavy atom. The molecule has 90 valence electrons. The van der Waals surface area contributed by atoms with Gasteiger partial charge in [-0.15, -0.1) is 0 Å². The van der Waals surface area contributed by atoms with E-state index in [4.69, 9.17) is 0 Å². The van der Waals surface area contributed by atoms with Gasteiger partial charge in [-0.2, -0.15) is 11.3 Å². The number of thiophene rings is 1. The number of aromatic nitrogens is 2. The van der Waals surface area contributed by atoms with Crippen molar-refractivity contribution < 1.29 is 0 Å². The average Bonchev–Trinajstić information content (AvgIpc) is 3.09. The first-order valence-electron chi connectivity index (χ1n) is 6.21. The van der Waals surface area contributed by atoms with Gasteiger partial charge in [0.25, 0.3) is 0 Å². The zero-order chi connectivity index (χ0) is 11.5. The summed E-state index contributed by atoms with van der Waals surface area (Å²) in [5.74, 6) is 1.04. The van der Waals surface area contributed by atoms with E-state index in [0.717, 1.165) is 18.1 Å². The normalized spacial score (nSPS) is 16.7.